The first-order valence-corrected chi connectivity index (χ1v) is 8.45. The van der Waals surface area contributed by atoms with E-state index in [-0.39, 0.29) is 0 Å². The maximum absolute atomic E-state index is 5.82. The third-order valence-corrected chi connectivity index (χ3v) is 4.98. The Morgan fingerprint density at radius 1 is 1.26 bits per heavy atom. The molecular formula is C19H27N3O. The van der Waals surface area contributed by atoms with Gasteiger partial charge in [-0.25, -0.2) is 4.98 Å². The van der Waals surface area contributed by atoms with E-state index >= 15 is 0 Å². The van der Waals surface area contributed by atoms with E-state index in [4.69, 9.17) is 4.74 Å². The number of aryl methyl sites for hydroxylation is 2. The van der Waals surface area contributed by atoms with Gasteiger partial charge in [-0.15, -0.1) is 0 Å². The molecule has 3 rings (SSSR count). The number of likely N-dealkylation sites (tertiary alicyclic amines) is 1. The van der Waals surface area contributed by atoms with Gasteiger partial charge in [0.1, 0.15) is 0 Å². The van der Waals surface area contributed by atoms with Crippen molar-refractivity contribution in [2.45, 2.75) is 44.9 Å². The van der Waals surface area contributed by atoms with Gasteiger partial charge in [-0.3, -0.25) is 4.90 Å². The molecule has 0 spiro atoms. The molecule has 1 fully saturated rings. The Hall–Kier alpha value is -1.65. The van der Waals surface area contributed by atoms with Crippen LogP contribution in [0.2, 0.25) is 0 Å². The van der Waals surface area contributed by atoms with Crippen LogP contribution in [-0.2, 0) is 24.8 Å². The molecule has 1 aliphatic rings. The number of hydrogen-bond acceptors (Lipinski definition) is 3. The second-order valence-electron chi connectivity index (χ2n) is 6.64. The highest BCUT2D eigenvalue weighted by atomic mass is 16.5. The number of methoxy groups -OCH3 is 1. The van der Waals surface area contributed by atoms with Crippen LogP contribution >= 0.6 is 0 Å². The molecule has 1 aromatic heterocycles. The number of imidazole rings is 1. The van der Waals surface area contributed by atoms with Crippen molar-refractivity contribution < 1.29 is 4.74 Å². The van der Waals surface area contributed by atoms with Crippen LogP contribution in [-0.4, -0.2) is 40.3 Å². The van der Waals surface area contributed by atoms with Crippen LogP contribution < -0.4 is 0 Å². The predicted molar refractivity (Wildman–Crippen MR) is 92.3 cm³/mol. The Labute approximate surface area is 139 Å². The zero-order chi connectivity index (χ0) is 16.2. The van der Waals surface area contributed by atoms with Gasteiger partial charge in [-0.1, -0.05) is 29.8 Å². The van der Waals surface area contributed by atoms with E-state index in [0.29, 0.717) is 12.1 Å². The van der Waals surface area contributed by atoms with Gasteiger partial charge in [0, 0.05) is 32.9 Å². The van der Waals surface area contributed by atoms with Crippen molar-refractivity contribution in [3.63, 3.8) is 0 Å². The number of hydrogen-bond donors (Lipinski definition) is 0. The molecular weight excluding hydrogens is 286 g/mol. The molecule has 4 heteroatoms. The molecule has 124 valence electrons. The summed E-state index contributed by atoms with van der Waals surface area (Å²) in [5, 5.41) is 0. The first-order chi connectivity index (χ1) is 11.2. The van der Waals surface area contributed by atoms with Crippen LogP contribution in [0.15, 0.2) is 36.8 Å². The summed E-state index contributed by atoms with van der Waals surface area (Å²) in [6.07, 6.45) is 7.53. The van der Waals surface area contributed by atoms with Crippen molar-refractivity contribution in [2.75, 3.05) is 13.7 Å². The van der Waals surface area contributed by atoms with Crippen molar-refractivity contribution >= 4 is 0 Å². The molecule has 1 aromatic carbocycles. The average Bonchev–Trinajstić information content (AvgIpc) is 2.96. The summed E-state index contributed by atoms with van der Waals surface area (Å²) in [6.45, 7) is 4.20. The summed E-state index contributed by atoms with van der Waals surface area (Å²) >= 11 is 0. The van der Waals surface area contributed by atoms with Crippen LogP contribution in [0.4, 0.5) is 0 Å². The SMILES string of the molecule is CO[C@H]1CCCN(Cc2cncn2C)[C@H]1Cc1ccc(C)cc1. The highest BCUT2D eigenvalue weighted by molar-refractivity contribution is 5.22. The molecule has 2 aromatic rings. The molecule has 2 atom stereocenters. The summed E-state index contributed by atoms with van der Waals surface area (Å²) < 4.78 is 7.93. The normalized spacial score (nSPS) is 22.4. The van der Waals surface area contributed by atoms with Gasteiger partial charge in [0.2, 0.25) is 0 Å². The summed E-state index contributed by atoms with van der Waals surface area (Å²) in [7, 11) is 3.91. The van der Waals surface area contributed by atoms with E-state index < -0.39 is 0 Å². The minimum atomic E-state index is 0.304. The number of aromatic nitrogens is 2. The third kappa shape index (κ3) is 3.82. The zero-order valence-corrected chi connectivity index (χ0v) is 14.4. The lowest BCUT2D eigenvalue weighted by Gasteiger charge is -2.40. The summed E-state index contributed by atoms with van der Waals surface area (Å²) in [5.74, 6) is 0. The maximum atomic E-state index is 5.82. The Kier molecular flexibility index (Phi) is 5.13. The minimum absolute atomic E-state index is 0.304. The first-order valence-electron chi connectivity index (χ1n) is 8.45. The van der Waals surface area contributed by atoms with Gasteiger partial charge in [0.25, 0.3) is 0 Å². The molecule has 1 saturated heterocycles. The third-order valence-electron chi connectivity index (χ3n) is 4.98. The van der Waals surface area contributed by atoms with E-state index in [1.165, 1.54) is 23.2 Å². The Bertz CT molecular complexity index is 620. The summed E-state index contributed by atoms with van der Waals surface area (Å²) in [4.78, 5) is 6.81. The Morgan fingerprint density at radius 3 is 2.70 bits per heavy atom. The van der Waals surface area contributed by atoms with Crippen LogP contribution in [0, 0.1) is 6.92 Å². The van der Waals surface area contributed by atoms with Crippen LogP contribution in [0.5, 0.6) is 0 Å². The Morgan fingerprint density at radius 2 is 2.04 bits per heavy atom. The molecule has 0 amide bonds. The van der Waals surface area contributed by atoms with Crippen LogP contribution in [0.25, 0.3) is 0 Å². The summed E-state index contributed by atoms with van der Waals surface area (Å²) in [5.41, 5.74) is 3.96. The molecule has 0 saturated carbocycles. The van der Waals surface area contributed by atoms with E-state index in [0.717, 1.165) is 25.9 Å². The van der Waals surface area contributed by atoms with E-state index in [1.54, 1.807) is 0 Å². The number of ether oxygens (including phenoxy) is 1. The fourth-order valence-electron chi connectivity index (χ4n) is 3.53. The quantitative estimate of drug-likeness (QED) is 0.850. The Balaban J connectivity index is 1.78. The molecule has 0 unspecified atom stereocenters. The highest BCUT2D eigenvalue weighted by Crippen LogP contribution is 2.25. The van der Waals surface area contributed by atoms with Crippen molar-refractivity contribution in [3.8, 4) is 0 Å². The topological polar surface area (TPSA) is 30.3 Å². The number of rotatable bonds is 5. The van der Waals surface area contributed by atoms with E-state index in [9.17, 15) is 0 Å². The fraction of sp³-hybridized carbons (Fsp3) is 0.526. The average molecular weight is 313 g/mol. The second kappa shape index (κ2) is 7.28. The molecule has 0 aliphatic carbocycles. The van der Waals surface area contributed by atoms with Crippen LogP contribution in [0.3, 0.4) is 0 Å². The molecule has 4 nitrogen and oxygen atoms in total. The van der Waals surface area contributed by atoms with Crippen LogP contribution in [0.1, 0.15) is 29.7 Å². The first kappa shape index (κ1) is 16.2. The van der Waals surface area contributed by atoms with Crippen molar-refractivity contribution in [1.29, 1.82) is 0 Å². The molecule has 1 aliphatic heterocycles. The number of benzene rings is 1. The fourth-order valence-corrected chi connectivity index (χ4v) is 3.53. The molecule has 2 heterocycles. The van der Waals surface area contributed by atoms with Gasteiger partial charge < -0.3 is 9.30 Å². The highest BCUT2D eigenvalue weighted by Gasteiger charge is 2.31. The lowest BCUT2D eigenvalue weighted by molar-refractivity contribution is -0.0225. The van der Waals surface area contributed by atoms with Crippen molar-refractivity contribution in [2.24, 2.45) is 7.05 Å². The van der Waals surface area contributed by atoms with Gasteiger partial charge in [-0.05, 0) is 38.3 Å². The lowest BCUT2D eigenvalue weighted by atomic mass is 9.92. The van der Waals surface area contributed by atoms with Gasteiger partial charge in [0.15, 0.2) is 0 Å². The lowest BCUT2D eigenvalue weighted by Crippen LogP contribution is -2.49. The summed E-state index contributed by atoms with van der Waals surface area (Å²) in [6, 6.07) is 9.32. The predicted octanol–water partition coefficient (Wildman–Crippen LogP) is 2.95. The molecule has 23 heavy (non-hydrogen) atoms. The zero-order valence-electron chi connectivity index (χ0n) is 14.4. The van der Waals surface area contributed by atoms with E-state index in [1.807, 2.05) is 19.6 Å². The largest absolute Gasteiger partial charge is 0.380 e. The van der Waals surface area contributed by atoms with Crippen molar-refractivity contribution in [3.05, 3.63) is 53.6 Å². The second-order valence-corrected chi connectivity index (χ2v) is 6.64. The molecule has 0 bridgehead atoms. The monoisotopic (exact) mass is 313 g/mol. The smallest absolute Gasteiger partial charge is 0.0945 e. The maximum Gasteiger partial charge on any atom is 0.0945 e. The number of nitrogens with zero attached hydrogens (tertiary/aromatic N) is 3. The molecule has 0 N–H and O–H groups in total. The number of piperidine rings is 1. The van der Waals surface area contributed by atoms with Gasteiger partial charge in [-0.2, -0.15) is 0 Å². The standard InChI is InChI=1S/C19H27N3O/c1-15-6-8-16(9-7-15)11-18-19(23-3)5-4-10-22(18)13-17-12-20-14-21(17)2/h6-9,12,14,18-19H,4-5,10-11,13H2,1-3H3/t18-,19-/m0/s1. The minimum Gasteiger partial charge on any atom is -0.380 e. The van der Waals surface area contributed by atoms with Crippen molar-refractivity contribution in [1.82, 2.24) is 14.5 Å². The van der Waals surface area contributed by atoms with E-state index in [2.05, 4.69) is 52.7 Å². The molecule has 0 radical (unpaired) electrons. The van der Waals surface area contributed by atoms with Gasteiger partial charge >= 0.3 is 0 Å². The van der Waals surface area contributed by atoms with Gasteiger partial charge in [0.05, 0.1) is 18.1 Å².